The number of nitrogens with one attached hydrogen (secondary N) is 1. The van der Waals surface area contributed by atoms with E-state index in [0.717, 1.165) is 87.9 Å². The topological polar surface area (TPSA) is 58.9 Å². The molecule has 3 aromatic rings. The fourth-order valence-corrected chi connectivity index (χ4v) is 5.10. The normalized spacial score (nSPS) is 16.8. The number of hydrogen-bond donors (Lipinski definition) is 1. The lowest BCUT2D eigenvalue weighted by molar-refractivity contribution is -0.139. The van der Waals surface area contributed by atoms with Gasteiger partial charge in [0, 0.05) is 49.4 Å². The van der Waals surface area contributed by atoms with Crippen LogP contribution in [0.5, 0.6) is 0 Å². The molecule has 2 aliphatic rings. The van der Waals surface area contributed by atoms with E-state index in [1.165, 1.54) is 11.6 Å². The number of hydrogen-bond acceptors (Lipinski definition) is 5. The Morgan fingerprint density at radius 1 is 1.14 bits per heavy atom. The first-order chi connectivity index (χ1) is 16.8. The van der Waals surface area contributed by atoms with E-state index in [9.17, 15) is 17.6 Å². The van der Waals surface area contributed by atoms with Crippen LogP contribution in [0.25, 0.3) is 11.3 Å². The lowest BCUT2D eigenvalue weighted by Crippen LogP contribution is -2.35. The van der Waals surface area contributed by atoms with Crippen LogP contribution in [-0.4, -0.2) is 39.2 Å². The highest BCUT2D eigenvalue weighted by Crippen LogP contribution is 2.37. The Bertz CT molecular complexity index is 1200. The summed E-state index contributed by atoms with van der Waals surface area (Å²) in [5.74, 6) is 1.70. The molecule has 6 nitrogen and oxygen atoms in total. The van der Waals surface area contributed by atoms with Gasteiger partial charge < -0.3 is 14.8 Å². The SMILES string of the molecule is CCCn1cc(-c2ccc(F)c(C(F)(F)F)c2)nc1C1CCN(c2ncnc3c2CCCN3)CC1. The Hall–Kier alpha value is -3.17. The lowest BCUT2D eigenvalue weighted by Gasteiger charge is -2.34. The number of alkyl halides is 3. The van der Waals surface area contributed by atoms with Crippen LogP contribution in [0.1, 0.15) is 55.5 Å². The molecule has 0 amide bonds. The van der Waals surface area contributed by atoms with Crippen molar-refractivity contribution in [3.8, 4) is 11.3 Å². The molecule has 0 bridgehead atoms. The van der Waals surface area contributed by atoms with E-state index in [2.05, 4.69) is 27.1 Å². The van der Waals surface area contributed by atoms with Gasteiger partial charge in [-0.25, -0.2) is 19.3 Å². The molecular weight excluding hydrogens is 460 g/mol. The first kappa shape index (κ1) is 23.6. The number of fused-ring (bicyclic) bond motifs is 1. The van der Waals surface area contributed by atoms with Gasteiger partial charge in [0.25, 0.3) is 0 Å². The third-order valence-electron chi connectivity index (χ3n) is 6.82. The summed E-state index contributed by atoms with van der Waals surface area (Å²) in [5.41, 5.74) is 0.617. The number of anilines is 2. The number of rotatable bonds is 5. The van der Waals surface area contributed by atoms with Crippen molar-refractivity contribution in [3.63, 3.8) is 0 Å². The molecule has 1 N–H and O–H groups in total. The van der Waals surface area contributed by atoms with Gasteiger partial charge in [0.15, 0.2) is 0 Å². The molecule has 0 atom stereocenters. The second-order valence-electron chi connectivity index (χ2n) is 9.19. The average molecular weight is 489 g/mol. The molecule has 186 valence electrons. The van der Waals surface area contributed by atoms with Crippen LogP contribution in [-0.2, 0) is 19.1 Å². The van der Waals surface area contributed by atoms with Crippen molar-refractivity contribution < 1.29 is 17.6 Å². The molecule has 1 fully saturated rings. The molecule has 2 aromatic heterocycles. The molecule has 0 unspecified atom stereocenters. The molecule has 0 saturated carbocycles. The van der Waals surface area contributed by atoms with Gasteiger partial charge >= 0.3 is 6.18 Å². The quantitative estimate of drug-likeness (QED) is 0.471. The lowest BCUT2D eigenvalue weighted by atomic mass is 9.95. The summed E-state index contributed by atoms with van der Waals surface area (Å²) in [6, 6.07) is 3.08. The second kappa shape index (κ2) is 9.47. The predicted molar refractivity (Wildman–Crippen MR) is 126 cm³/mol. The average Bonchev–Trinajstić information content (AvgIpc) is 3.27. The minimum atomic E-state index is -4.75. The second-order valence-corrected chi connectivity index (χ2v) is 9.19. The highest BCUT2D eigenvalue weighted by molar-refractivity contribution is 5.61. The van der Waals surface area contributed by atoms with Crippen LogP contribution in [0, 0.1) is 5.82 Å². The first-order valence-electron chi connectivity index (χ1n) is 12.1. The molecule has 2 aliphatic heterocycles. The van der Waals surface area contributed by atoms with Gasteiger partial charge in [-0.3, -0.25) is 0 Å². The highest BCUT2D eigenvalue weighted by Gasteiger charge is 2.35. The van der Waals surface area contributed by atoms with E-state index in [0.29, 0.717) is 5.69 Å². The Morgan fingerprint density at radius 2 is 1.94 bits per heavy atom. The molecule has 10 heteroatoms. The number of benzene rings is 1. The Balaban J connectivity index is 1.38. The molecule has 1 saturated heterocycles. The summed E-state index contributed by atoms with van der Waals surface area (Å²) in [7, 11) is 0. The van der Waals surface area contributed by atoms with Crippen molar-refractivity contribution in [1.29, 1.82) is 0 Å². The van der Waals surface area contributed by atoms with Crippen molar-refractivity contribution in [2.45, 2.75) is 57.7 Å². The summed E-state index contributed by atoms with van der Waals surface area (Å²) in [5, 5.41) is 3.35. The molecule has 0 aliphatic carbocycles. The maximum Gasteiger partial charge on any atom is 0.419 e. The van der Waals surface area contributed by atoms with Crippen LogP contribution in [0.15, 0.2) is 30.7 Å². The maximum atomic E-state index is 13.8. The zero-order valence-corrected chi connectivity index (χ0v) is 19.6. The number of aromatic nitrogens is 4. The Morgan fingerprint density at radius 3 is 2.69 bits per heavy atom. The van der Waals surface area contributed by atoms with Gasteiger partial charge in [0.2, 0.25) is 0 Å². The zero-order chi connectivity index (χ0) is 24.6. The molecule has 5 rings (SSSR count). The van der Waals surface area contributed by atoms with Crippen molar-refractivity contribution in [2.75, 3.05) is 29.9 Å². The summed E-state index contributed by atoms with van der Waals surface area (Å²) < 4.78 is 55.6. The Labute approximate surface area is 201 Å². The number of nitrogens with zero attached hydrogens (tertiary/aromatic N) is 5. The molecule has 0 spiro atoms. The highest BCUT2D eigenvalue weighted by atomic mass is 19.4. The number of aryl methyl sites for hydroxylation is 1. The van der Waals surface area contributed by atoms with Crippen molar-refractivity contribution in [3.05, 3.63) is 53.5 Å². The van der Waals surface area contributed by atoms with Crippen LogP contribution >= 0.6 is 0 Å². The van der Waals surface area contributed by atoms with E-state index in [1.807, 2.05) is 4.57 Å². The van der Waals surface area contributed by atoms with E-state index in [-0.39, 0.29) is 11.5 Å². The summed E-state index contributed by atoms with van der Waals surface area (Å²) in [6.07, 6.45) is 3.27. The van der Waals surface area contributed by atoms with E-state index in [4.69, 9.17) is 4.98 Å². The van der Waals surface area contributed by atoms with Crippen LogP contribution in [0.4, 0.5) is 29.2 Å². The van der Waals surface area contributed by atoms with Gasteiger partial charge in [0.05, 0.1) is 11.3 Å². The van der Waals surface area contributed by atoms with Crippen molar-refractivity contribution >= 4 is 11.6 Å². The summed E-state index contributed by atoms with van der Waals surface area (Å²) in [6.45, 7) is 5.33. The fourth-order valence-electron chi connectivity index (χ4n) is 5.10. The number of piperidine rings is 1. The molecule has 0 radical (unpaired) electrons. The largest absolute Gasteiger partial charge is 0.419 e. The minimum Gasteiger partial charge on any atom is -0.370 e. The van der Waals surface area contributed by atoms with Gasteiger partial charge in [-0.2, -0.15) is 13.2 Å². The van der Waals surface area contributed by atoms with Crippen molar-refractivity contribution in [1.82, 2.24) is 19.5 Å². The maximum absolute atomic E-state index is 13.8. The summed E-state index contributed by atoms with van der Waals surface area (Å²) >= 11 is 0. The molecule has 1 aromatic carbocycles. The summed E-state index contributed by atoms with van der Waals surface area (Å²) in [4.78, 5) is 16.0. The molecular formula is C25H28F4N6. The van der Waals surface area contributed by atoms with E-state index < -0.39 is 17.6 Å². The van der Waals surface area contributed by atoms with Crippen LogP contribution in [0.2, 0.25) is 0 Å². The first-order valence-corrected chi connectivity index (χ1v) is 12.1. The van der Waals surface area contributed by atoms with Gasteiger partial charge in [-0.05, 0) is 50.3 Å². The standard InChI is InChI=1S/C25H28F4N6/c1-2-10-35-14-21(17-5-6-20(26)19(13-17)25(27,28)29)33-23(35)16-7-11-34(12-8-16)24-18-4-3-9-30-22(18)31-15-32-24/h5-6,13-16H,2-4,7-12H2,1H3,(H,30,31,32). The predicted octanol–water partition coefficient (Wildman–Crippen LogP) is 5.65. The monoisotopic (exact) mass is 488 g/mol. The fraction of sp³-hybridized carbons (Fsp3) is 0.480. The molecule has 4 heterocycles. The van der Waals surface area contributed by atoms with Gasteiger partial charge in [-0.15, -0.1) is 0 Å². The third-order valence-corrected chi connectivity index (χ3v) is 6.82. The third kappa shape index (κ3) is 4.70. The number of imidazole rings is 1. The van der Waals surface area contributed by atoms with Crippen LogP contribution in [0.3, 0.4) is 0 Å². The van der Waals surface area contributed by atoms with Crippen molar-refractivity contribution in [2.24, 2.45) is 0 Å². The smallest absolute Gasteiger partial charge is 0.370 e. The van der Waals surface area contributed by atoms with Gasteiger partial charge in [0.1, 0.15) is 29.6 Å². The zero-order valence-electron chi connectivity index (χ0n) is 19.6. The van der Waals surface area contributed by atoms with Crippen LogP contribution < -0.4 is 10.2 Å². The molecule has 35 heavy (non-hydrogen) atoms. The van der Waals surface area contributed by atoms with Gasteiger partial charge in [-0.1, -0.05) is 6.92 Å². The minimum absolute atomic E-state index is 0.185. The Kier molecular flexibility index (Phi) is 6.37. The van der Waals surface area contributed by atoms with E-state index in [1.54, 1.807) is 12.5 Å². The van der Waals surface area contributed by atoms with E-state index >= 15 is 0 Å². The number of halogens is 4.